The average molecular weight is 469 g/mol. The van der Waals surface area contributed by atoms with E-state index in [1.165, 1.54) is 34.6 Å². The summed E-state index contributed by atoms with van der Waals surface area (Å²) in [6.45, 7) is 3.57. The predicted octanol–water partition coefficient (Wildman–Crippen LogP) is 4.04. The first-order valence-corrected chi connectivity index (χ1v) is 13.4. The van der Waals surface area contributed by atoms with Crippen LogP contribution in [0.1, 0.15) is 51.5 Å². The zero-order chi connectivity index (χ0) is 22.6. The van der Waals surface area contributed by atoms with E-state index in [-0.39, 0.29) is 28.4 Å². The maximum Gasteiger partial charge on any atom is 0.243 e. The third kappa shape index (κ3) is 5.52. The molecular formula is C22H29FN2O4S2. The Morgan fingerprint density at radius 2 is 1.58 bits per heavy atom. The van der Waals surface area contributed by atoms with Gasteiger partial charge in [0.05, 0.1) is 9.79 Å². The highest BCUT2D eigenvalue weighted by atomic mass is 32.2. The molecule has 0 bridgehead atoms. The summed E-state index contributed by atoms with van der Waals surface area (Å²) in [5, 5.41) is 0. The molecule has 170 valence electrons. The second kappa shape index (κ2) is 9.77. The Labute approximate surface area is 184 Å². The van der Waals surface area contributed by atoms with Gasteiger partial charge in [-0.2, -0.15) is 4.31 Å². The maximum atomic E-state index is 14.2. The minimum absolute atomic E-state index is 0.00164. The summed E-state index contributed by atoms with van der Waals surface area (Å²) in [5.41, 5.74) is 0.315. The van der Waals surface area contributed by atoms with Crippen LogP contribution in [0.15, 0.2) is 58.3 Å². The first-order chi connectivity index (χ1) is 14.6. The summed E-state index contributed by atoms with van der Waals surface area (Å²) in [7, 11) is -7.67. The van der Waals surface area contributed by atoms with E-state index in [9.17, 15) is 21.2 Å². The standard InChI is InChI=1S/C22H29FN2O4S2/c1-3-17(2)24-30(26,27)20-12-14-21(15-13-20)31(28,29)25(19-9-5-6-10-19)16-18-8-4-7-11-22(18)23/h4,7-8,11-15,17,19,24H,3,5-6,9-10,16H2,1-2H3/t17-/m1/s1. The second-order valence-electron chi connectivity index (χ2n) is 7.98. The normalized spacial score (nSPS) is 16.6. The van der Waals surface area contributed by atoms with Gasteiger partial charge < -0.3 is 0 Å². The Balaban J connectivity index is 1.92. The molecule has 6 nitrogen and oxygen atoms in total. The van der Waals surface area contributed by atoms with Crippen molar-refractivity contribution in [1.82, 2.24) is 9.03 Å². The van der Waals surface area contributed by atoms with Crippen LogP contribution in [0.3, 0.4) is 0 Å². The molecule has 9 heteroatoms. The SMILES string of the molecule is CC[C@@H](C)NS(=O)(=O)c1ccc(S(=O)(=O)N(Cc2ccccc2F)C2CCCC2)cc1. The van der Waals surface area contributed by atoms with E-state index in [1.807, 2.05) is 6.92 Å². The number of sulfonamides is 2. The lowest BCUT2D eigenvalue weighted by Gasteiger charge is -2.28. The number of rotatable bonds is 9. The molecule has 0 radical (unpaired) electrons. The van der Waals surface area contributed by atoms with Gasteiger partial charge in [-0.1, -0.05) is 38.0 Å². The van der Waals surface area contributed by atoms with Crippen molar-refractivity contribution in [2.45, 2.75) is 74.4 Å². The van der Waals surface area contributed by atoms with E-state index < -0.39 is 25.9 Å². The molecule has 1 atom stereocenters. The summed E-state index contributed by atoms with van der Waals surface area (Å²) in [4.78, 5) is 0.00602. The molecule has 1 N–H and O–H groups in total. The lowest BCUT2D eigenvalue weighted by Crippen LogP contribution is -2.38. The lowest BCUT2D eigenvalue weighted by atomic mass is 10.2. The van der Waals surface area contributed by atoms with E-state index in [2.05, 4.69) is 4.72 Å². The molecule has 31 heavy (non-hydrogen) atoms. The average Bonchev–Trinajstić information content (AvgIpc) is 3.27. The van der Waals surface area contributed by atoms with Gasteiger partial charge in [-0.25, -0.2) is 25.9 Å². The molecule has 0 amide bonds. The summed E-state index contributed by atoms with van der Waals surface area (Å²) >= 11 is 0. The van der Waals surface area contributed by atoms with Crippen LogP contribution < -0.4 is 4.72 Å². The quantitative estimate of drug-likeness (QED) is 0.602. The number of hydrogen-bond acceptors (Lipinski definition) is 4. The van der Waals surface area contributed by atoms with Gasteiger partial charge in [0.25, 0.3) is 0 Å². The molecule has 0 saturated heterocycles. The molecule has 1 saturated carbocycles. The molecule has 3 rings (SSSR count). The van der Waals surface area contributed by atoms with Crippen molar-refractivity contribution in [3.63, 3.8) is 0 Å². The Kier molecular flexibility index (Phi) is 7.51. The molecule has 2 aromatic carbocycles. The van der Waals surface area contributed by atoms with E-state index >= 15 is 0 Å². The third-order valence-electron chi connectivity index (χ3n) is 5.73. The van der Waals surface area contributed by atoms with Crippen molar-refractivity contribution in [2.75, 3.05) is 0 Å². The van der Waals surface area contributed by atoms with Gasteiger partial charge in [-0.05, 0) is 56.5 Å². The molecule has 1 fully saturated rings. The Morgan fingerprint density at radius 3 is 2.16 bits per heavy atom. The maximum absolute atomic E-state index is 14.2. The van der Waals surface area contributed by atoms with Gasteiger partial charge in [-0.3, -0.25) is 0 Å². The largest absolute Gasteiger partial charge is 0.243 e. The molecule has 0 aliphatic heterocycles. The highest BCUT2D eigenvalue weighted by Gasteiger charge is 2.34. The summed E-state index contributed by atoms with van der Waals surface area (Å²) < 4.78 is 70.0. The molecule has 2 aromatic rings. The van der Waals surface area contributed by atoms with Gasteiger partial charge in [0, 0.05) is 24.2 Å². The van der Waals surface area contributed by atoms with E-state index in [1.54, 1.807) is 25.1 Å². The van der Waals surface area contributed by atoms with Crippen LogP contribution in [0.25, 0.3) is 0 Å². The van der Waals surface area contributed by atoms with Gasteiger partial charge >= 0.3 is 0 Å². The van der Waals surface area contributed by atoms with Gasteiger partial charge in [-0.15, -0.1) is 0 Å². The van der Waals surface area contributed by atoms with Crippen molar-refractivity contribution in [3.05, 3.63) is 59.9 Å². The number of nitrogens with zero attached hydrogens (tertiary/aromatic N) is 1. The Hall–Kier alpha value is -1.81. The van der Waals surface area contributed by atoms with Crippen LogP contribution in [-0.4, -0.2) is 33.2 Å². The van der Waals surface area contributed by atoms with Gasteiger partial charge in [0.2, 0.25) is 20.0 Å². The fraction of sp³-hybridized carbons (Fsp3) is 0.455. The minimum atomic E-state index is -3.94. The van der Waals surface area contributed by atoms with E-state index in [4.69, 9.17) is 0 Å². The van der Waals surface area contributed by atoms with Crippen molar-refractivity contribution < 1.29 is 21.2 Å². The third-order valence-corrected chi connectivity index (χ3v) is 9.24. The van der Waals surface area contributed by atoms with Crippen LogP contribution in [0, 0.1) is 5.82 Å². The van der Waals surface area contributed by atoms with Crippen molar-refractivity contribution in [2.24, 2.45) is 0 Å². The molecular weight excluding hydrogens is 439 g/mol. The highest BCUT2D eigenvalue weighted by Crippen LogP contribution is 2.31. The highest BCUT2D eigenvalue weighted by molar-refractivity contribution is 7.89. The fourth-order valence-electron chi connectivity index (χ4n) is 3.74. The van der Waals surface area contributed by atoms with Crippen LogP contribution in [0.5, 0.6) is 0 Å². The van der Waals surface area contributed by atoms with Crippen LogP contribution in [-0.2, 0) is 26.6 Å². The first kappa shape index (κ1) is 23.8. The van der Waals surface area contributed by atoms with Crippen LogP contribution >= 0.6 is 0 Å². The molecule has 1 aliphatic rings. The first-order valence-electron chi connectivity index (χ1n) is 10.5. The fourth-order valence-corrected chi connectivity index (χ4v) is 6.73. The Bertz CT molecular complexity index is 1100. The molecule has 0 heterocycles. The number of nitrogens with one attached hydrogen (secondary N) is 1. The van der Waals surface area contributed by atoms with Crippen LogP contribution in [0.4, 0.5) is 4.39 Å². The van der Waals surface area contributed by atoms with Gasteiger partial charge in [0.1, 0.15) is 5.82 Å². The molecule has 0 aromatic heterocycles. The predicted molar refractivity (Wildman–Crippen MR) is 118 cm³/mol. The summed E-state index contributed by atoms with van der Waals surface area (Å²) in [5.74, 6) is -0.446. The number of benzene rings is 2. The lowest BCUT2D eigenvalue weighted by molar-refractivity contribution is 0.312. The summed E-state index contributed by atoms with van der Waals surface area (Å²) in [6.07, 6.45) is 3.93. The van der Waals surface area contributed by atoms with E-state index in [0.717, 1.165) is 25.7 Å². The van der Waals surface area contributed by atoms with Crippen molar-refractivity contribution in [3.8, 4) is 0 Å². The number of halogens is 1. The molecule has 0 spiro atoms. The topological polar surface area (TPSA) is 83.5 Å². The molecule has 1 aliphatic carbocycles. The smallest absolute Gasteiger partial charge is 0.208 e. The monoisotopic (exact) mass is 468 g/mol. The van der Waals surface area contributed by atoms with Crippen molar-refractivity contribution >= 4 is 20.0 Å². The van der Waals surface area contributed by atoms with Gasteiger partial charge in [0.15, 0.2) is 0 Å². The number of hydrogen-bond donors (Lipinski definition) is 1. The summed E-state index contributed by atoms with van der Waals surface area (Å²) in [6, 6.07) is 10.9. The van der Waals surface area contributed by atoms with Crippen LogP contribution in [0.2, 0.25) is 0 Å². The zero-order valence-corrected chi connectivity index (χ0v) is 19.4. The second-order valence-corrected chi connectivity index (χ2v) is 11.6. The minimum Gasteiger partial charge on any atom is -0.208 e. The Morgan fingerprint density at radius 1 is 1.00 bits per heavy atom. The van der Waals surface area contributed by atoms with Crippen molar-refractivity contribution in [1.29, 1.82) is 0 Å². The van der Waals surface area contributed by atoms with E-state index in [0.29, 0.717) is 12.0 Å². The zero-order valence-electron chi connectivity index (χ0n) is 17.8. The molecule has 0 unspecified atom stereocenters.